The number of benzene rings is 1. The van der Waals surface area contributed by atoms with Gasteiger partial charge in [0.25, 0.3) is 0 Å². The molecule has 4 heteroatoms. The van der Waals surface area contributed by atoms with Crippen molar-refractivity contribution >= 4 is 33.1 Å². The summed E-state index contributed by atoms with van der Waals surface area (Å²) in [7, 11) is 0. The third-order valence-electron chi connectivity index (χ3n) is 2.53. The maximum atomic E-state index is 5.84. The highest BCUT2D eigenvalue weighted by molar-refractivity contribution is 9.10. The van der Waals surface area contributed by atoms with Crippen LogP contribution in [0.3, 0.4) is 0 Å². The normalized spacial score (nSPS) is 10.3. The molecule has 0 aliphatic carbocycles. The van der Waals surface area contributed by atoms with Crippen LogP contribution in [0.2, 0.25) is 0 Å². The van der Waals surface area contributed by atoms with E-state index in [1.807, 2.05) is 25.1 Å². The van der Waals surface area contributed by atoms with Crippen LogP contribution in [0.4, 0.5) is 17.2 Å². The minimum Gasteiger partial charge on any atom is -0.398 e. The third kappa shape index (κ3) is 2.77. The molecule has 0 atom stereocenters. The molecule has 0 spiro atoms. The Kier molecular flexibility index (Phi) is 3.33. The van der Waals surface area contributed by atoms with Gasteiger partial charge in [-0.25, -0.2) is 4.98 Å². The summed E-state index contributed by atoms with van der Waals surface area (Å²) < 4.78 is 1.01. The highest BCUT2D eigenvalue weighted by Crippen LogP contribution is 2.26. The highest BCUT2D eigenvalue weighted by Gasteiger charge is 2.02. The Morgan fingerprint density at radius 2 is 2.00 bits per heavy atom. The highest BCUT2D eigenvalue weighted by atomic mass is 79.9. The first-order valence-electron chi connectivity index (χ1n) is 5.31. The predicted octanol–water partition coefficient (Wildman–Crippen LogP) is 3.79. The Morgan fingerprint density at radius 1 is 1.24 bits per heavy atom. The molecule has 0 fully saturated rings. The first kappa shape index (κ1) is 11.9. The molecule has 0 saturated heterocycles. The van der Waals surface area contributed by atoms with E-state index in [1.54, 1.807) is 6.20 Å². The Morgan fingerprint density at radius 3 is 2.65 bits per heavy atom. The number of halogens is 1. The zero-order chi connectivity index (χ0) is 12.4. The van der Waals surface area contributed by atoms with E-state index in [0.717, 1.165) is 27.2 Å². The molecule has 1 aromatic heterocycles. The van der Waals surface area contributed by atoms with Crippen molar-refractivity contribution in [3.8, 4) is 0 Å². The van der Waals surface area contributed by atoms with Crippen molar-refractivity contribution in [3.05, 3.63) is 46.1 Å². The summed E-state index contributed by atoms with van der Waals surface area (Å²) in [5, 5.41) is 3.23. The van der Waals surface area contributed by atoms with Gasteiger partial charge in [0.15, 0.2) is 0 Å². The van der Waals surface area contributed by atoms with E-state index < -0.39 is 0 Å². The van der Waals surface area contributed by atoms with Crippen LogP contribution in [0.15, 0.2) is 34.9 Å². The molecule has 1 aromatic carbocycles. The van der Waals surface area contributed by atoms with E-state index >= 15 is 0 Å². The van der Waals surface area contributed by atoms with Crippen molar-refractivity contribution < 1.29 is 0 Å². The van der Waals surface area contributed by atoms with Gasteiger partial charge in [0.05, 0.1) is 5.69 Å². The molecule has 0 amide bonds. The average molecular weight is 292 g/mol. The van der Waals surface area contributed by atoms with E-state index in [-0.39, 0.29) is 0 Å². The van der Waals surface area contributed by atoms with Gasteiger partial charge in [-0.05, 0) is 53.0 Å². The summed E-state index contributed by atoms with van der Waals surface area (Å²) in [6.07, 6.45) is 1.76. The van der Waals surface area contributed by atoms with Crippen LogP contribution in [-0.2, 0) is 0 Å². The van der Waals surface area contributed by atoms with Gasteiger partial charge in [-0.2, -0.15) is 0 Å². The fourth-order valence-electron chi connectivity index (χ4n) is 1.47. The van der Waals surface area contributed by atoms with Crippen molar-refractivity contribution in [2.24, 2.45) is 0 Å². The van der Waals surface area contributed by atoms with E-state index in [0.29, 0.717) is 0 Å². The lowest BCUT2D eigenvalue weighted by Crippen LogP contribution is -1.98. The number of aromatic nitrogens is 1. The van der Waals surface area contributed by atoms with E-state index in [4.69, 9.17) is 5.73 Å². The van der Waals surface area contributed by atoms with Crippen LogP contribution in [0.1, 0.15) is 11.1 Å². The van der Waals surface area contributed by atoms with Crippen molar-refractivity contribution in [2.75, 3.05) is 11.1 Å². The van der Waals surface area contributed by atoms with Crippen molar-refractivity contribution in [1.82, 2.24) is 4.98 Å². The molecule has 88 valence electrons. The molecule has 3 nitrogen and oxygen atoms in total. The molecule has 2 rings (SSSR count). The number of anilines is 3. The molecule has 17 heavy (non-hydrogen) atoms. The molecule has 3 N–H and O–H groups in total. The topological polar surface area (TPSA) is 50.9 Å². The van der Waals surface area contributed by atoms with Gasteiger partial charge in [-0.1, -0.05) is 6.07 Å². The van der Waals surface area contributed by atoms with Gasteiger partial charge in [0.2, 0.25) is 0 Å². The molecule has 0 radical (unpaired) electrons. The summed E-state index contributed by atoms with van der Waals surface area (Å²) in [5.41, 5.74) is 9.76. The number of pyridine rings is 1. The van der Waals surface area contributed by atoms with Crippen LogP contribution < -0.4 is 11.1 Å². The van der Waals surface area contributed by atoms with E-state index in [1.165, 1.54) is 5.56 Å². The van der Waals surface area contributed by atoms with Gasteiger partial charge < -0.3 is 11.1 Å². The number of nitrogens with one attached hydrogen (secondary N) is 1. The van der Waals surface area contributed by atoms with Crippen LogP contribution in [-0.4, -0.2) is 4.98 Å². The zero-order valence-electron chi connectivity index (χ0n) is 9.79. The first-order valence-corrected chi connectivity index (χ1v) is 6.11. The third-order valence-corrected chi connectivity index (χ3v) is 3.19. The number of hydrogen-bond acceptors (Lipinski definition) is 3. The Balaban J connectivity index is 2.28. The number of nitrogens with two attached hydrogens (primary N) is 1. The fourth-order valence-corrected chi connectivity index (χ4v) is 2.06. The maximum absolute atomic E-state index is 5.84. The second-order valence-electron chi connectivity index (χ2n) is 4.03. The number of rotatable bonds is 2. The SMILES string of the molecule is Cc1ccc(Nc2cc(N)c(C)cn2)c(Br)c1. The number of nitrogen functional groups attached to an aromatic ring is 1. The van der Waals surface area contributed by atoms with Crippen molar-refractivity contribution in [3.63, 3.8) is 0 Å². The average Bonchev–Trinajstić information content (AvgIpc) is 2.27. The van der Waals surface area contributed by atoms with Gasteiger partial charge in [0, 0.05) is 22.4 Å². The lowest BCUT2D eigenvalue weighted by atomic mass is 10.2. The summed E-state index contributed by atoms with van der Waals surface area (Å²) >= 11 is 3.52. The summed E-state index contributed by atoms with van der Waals surface area (Å²) in [6.45, 7) is 3.99. The van der Waals surface area contributed by atoms with Gasteiger partial charge in [-0.15, -0.1) is 0 Å². The molecule has 0 saturated carbocycles. The smallest absolute Gasteiger partial charge is 0.132 e. The van der Waals surface area contributed by atoms with Crippen LogP contribution >= 0.6 is 15.9 Å². The number of aryl methyl sites for hydroxylation is 2. The van der Waals surface area contributed by atoms with Gasteiger partial charge >= 0.3 is 0 Å². The molecule has 2 aromatic rings. The Labute approximate surface area is 109 Å². The zero-order valence-corrected chi connectivity index (χ0v) is 11.4. The maximum Gasteiger partial charge on any atom is 0.132 e. The minimum absolute atomic E-state index is 0.741. The summed E-state index contributed by atoms with van der Waals surface area (Å²) in [5.74, 6) is 0.748. The van der Waals surface area contributed by atoms with E-state index in [9.17, 15) is 0 Å². The Hall–Kier alpha value is -1.55. The monoisotopic (exact) mass is 291 g/mol. The van der Waals surface area contributed by atoms with Crippen molar-refractivity contribution in [2.45, 2.75) is 13.8 Å². The first-order chi connectivity index (χ1) is 8.06. The van der Waals surface area contributed by atoms with E-state index in [2.05, 4.69) is 39.2 Å². The predicted molar refractivity (Wildman–Crippen MR) is 75.5 cm³/mol. The Bertz CT molecular complexity index is 552. The quantitative estimate of drug-likeness (QED) is 0.885. The molecule has 0 aliphatic heterocycles. The standard InChI is InChI=1S/C13H14BrN3/c1-8-3-4-12(10(14)5-8)17-13-6-11(15)9(2)7-16-13/h3-7H,1-2H3,(H3,15,16,17). The summed E-state index contributed by atoms with van der Waals surface area (Å²) in [6, 6.07) is 7.95. The molecule has 0 aliphatic rings. The molecule has 1 heterocycles. The molecule has 0 unspecified atom stereocenters. The molecular formula is C13H14BrN3. The second kappa shape index (κ2) is 4.75. The van der Waals surface area contributed by atoms with Crippen LogP contribution in [0.25, 0.3) is 0 Å². The lowest BCUT2D eigenvalue weighted by molar-refractivity contribution is 1.26. The molecule has 0 bridgehead atoms. The van der Waals surface area contributed by atoms with Crippen LogP contribution in [0, 0.1) is 13.8 Å². The lowest BCUT2D eigenvalue weighted by Gasteiger charge is -2.09. The largest absolute Gasteiger partial charge is 0.398 e. The second-order valence-corrected chi connectivity index (χ2v) is 4.89. The number of hydrogen-bond donors (Lipinski definition) is 2. The van der Waals surface area contributed by atoms with Crippen molar-refractivity contribution in [1.29, 1.82) is 0 Å². The molecular weight excluding hydrogens is 278 g/mol. The fraction of sp³-hybridized carbons (Fsp3) is 0.154. The number of nitrogens with zero attached hydrogens (tertiary/aromatic N) is 1. The van der Waals surface area contributed by atoms with Gasteiger partial charge in [0.1, 0.15) is 5.82 Å². The minimum atomic E-state index is 0.741. The summed E-state index contributed by atoms with van der Waals surface area (Å²) in [4.78, 5) is 4.29. The van der Waals surface area contributed by atoms with Crippen LogP contribution in [0.5, 0.6) is 0 Å². The van der Waals surface area contributed by atoms with Gasteiger partial charge in [-0.3, -0.25) is 0 Å².